The van der Waals surface area contributed by atoms with Crippen LogP contribution in [0.4, 0.5) is 0 Å². The molecule has 0 amide bonds. The third-order valence-corrected chi connectivity index (χ3v) is 5.51. The van der Waals surface area contributed by atoms with Gasteiger partial charge in [0.15, 0.2) is 12.1 Å². The Morgan fingerprint density at radius 2 is 1.44 bits per heavy atom. The molecule has 25 heavy (non-hydrogen) atoms. The van der Waals surface area contributed by atoms with Crippen molar-refractivity contribution in [3.05, 3.63) is 0 Å². The van der Waals surface area contributed by atoms with E-state index in [4.69, 9.17) is 9.47 Å². The second kappa shape index (κ2) is 8.30. The number of hydrogen-bond acceptors (Lipinski definition) is 4. The molecule has 0 saturated carbocycles. The van der Waals surface area contributed by atoms with E-state index in [-0.39, 0.29) is 35.1 Å². The Bertz CT molecular complexity index is 469. The molecule has 0 aromatic heterocycles. The molecule has 1 heterocycles. The minimum atomic E-state index is -0.428. The van der Waals surface area contributed by atoms with E-state index >= 15 is 0 Å². The van der Waals surface area contributed by atoms with Crippen molar-refractivity contribution >= 4 is 11.6 Å². The number of carbonyl (C=O) groups is 2. The molecular formula is C21H38O4. The molecule has 1 fully saturated rings. The number of rotatable bonds is 6. The molecule has 1 saturated heterocycles. The van der Waals surface area contributed by atoms with Gasteiger partial charge < -0.3 is 9.47 Å². The third kappa shape index (κ3) is 5.89. The van der Waals surface area contributed by atoms with Gasteiger partial charge >= 0.3 is 0 Å². The van der Waals surface area contributed by atoms with Gasteiger partial charge in [0.1, 0.15) is 11.9 Å². The summed E-state index contributed by atoms with van der Waals surface area (Å²) in [6.45, 7) is 18.5. The van der Waals surface area contributed by atoms with Crippen LogP contribution in [0.15, 0.2) is 0 Å². The molecule has 0 N–H and O–H groups in total. The molecule has 0 aromatic carbocycles. The third-order valence-electron chi connectivity index (χ3n) is 5.51. The molecular weight excluding hydrogens is 316 g/mol. The fourth-order valence-corrected chi connectivity index (χ4v) is 3.12. The van der Waals surface area contributed by atoms with Gasteiger partial charge in [-0.15, -0.1) is 0 Å². The van der Waals surface area contributed by atoms with Gasteiger partial charge in [0.05, 0.1) is 6.61 Å². The van der Waals surface area contributed by atoms with E-state index in [1.807, 2.05) is 41.5 Å². The molecule has 4 nitrogen and oxygen atoms in total. The molecule has 0 spiro atoms. The highest BCUT2D eigenvalue weighted by Crippen LogP contribution is 2.38. The van der Waals surface area contributed by atoms with Gasteiger partial charge in [0.25, 0.3) is 0 Å². The maximum Gasteiger partial charge on any atom is 0.167 e. The van der Waals surface area contributed by atoms with Crippen LogP contribution in [-0.4, -0.2) is 30.6 Å². The van der Waals surface area contributed by atoms with Crippen LogP contribution < -0.4 is 0 Å². The first-order valence-corrected chi connectivity index (χ1v) is 9.61. The average molecular weight is 355 g/mol. The topological polar surface area (TPSA) is 52.6 Å². The lowest BCUT2D eigenvalue weighted by molar-refractivity contribution is -0.245. The van der Waals surface area contributed by atoms with E-state index in [0.29, 0.717) is 25.4 Å². The summed E-state index contributed by atoms with van der Waals surface area (Å²) in [4.78, 5) is 24.7. The Morgan fingerprint density at radius 3 is 1.92 bits per heavy atom. The quantitative estimate of drug-likeness (QED) is 0.652. The maximum atomic E-state index is 12.7. The van der Waals surface area contributed by atoms with Crippen LogP contribution in [0, 0.1) is 28.6 Å². The smallest absolute Gasteiger partial charge is 0.167 e. The molecule has 0 aromatic rings. The Balaban J connectivity index is 2.64. The minimum absolute atomic E-state index is 0.135. The molecule has 0 radical (unpaired) electrons. The highest BCUT2D eigenvalue weighted by Gasteiger charge is 2.45. The van der Waals surface area contributed by atoms with Crippen LogP contribution in [-0.2, 0) is 19.1 Å². The zero-order chi connectivity index (χ0) is 19.6. The molecule has 0 bridgehead atoms. The Morgan fingerprint density at radius 1 is 0.880 bits per heavy atom. The second-order valence-corrected chi connectivity index (χ2v) is 9.76. The van der Waals surface area contributed by atoms with Gasteiger partial charge in [0, 0.05) is 23.2 Å². The van der Waals surface area contributed by atoms with Crippen LogP contribution in [0.3, 0.4) is 0 Å². The van der Waals surface area contributed by atoms with Crippen molar-refractivity contribution in [2.45, 2.75) is 87.5 Å². The Labute approximate surface area is 154 Å². The minimum Gasteiger partial charge on any atom is -0.352 e. The fraction of sp³-hybridized carbons (Fsp3) is 0.905. The summed E-state index contributed by atoms with van der Waals surface area (Å²) in [7, 11) is 0. The largest absolute Gasteiger partial charge is 0.352 e. The SMILES string of the molecule is CC1C(C(=O)C(C)(C)C)O[C@@H](OCCCC(=O)C(C)(C)C)C(C)[C@H]1C. The van der Waals surface area contributed by atoms with E-state index in [9.17, 15) is 9.59 Å². The number of ether oxygens (including phenoxy) is 2. The summed E-state index contributed by atoms with van der Waals surface area (Å²) >= 11 is 0. The van der Waals surface area contributed by atoms with E-state index in [1.54, 1.807) is 0 Å². The summed E-state index contributed by atoms with van der Waals surface area (Å²) in [6, 6.07) is 0. The Kier molecular flexibility index (Phi) is 7.41. The molecule has 1 aliphatic heterocycles. The second-order valence-electron chi connectivity index (χ2n) is 9.76. The molecule has 1 rings (SSSR count). The summed E-state index contributed by atoms with van der Waals surface area (Å²) in [5, 5.41) is 0. The molecule has 4 heteroatoms. The van der Waals surface area contributed by atoms with Crippen molar-refractivity contribution in [1.82, 2.24) is 0 Å². The summed E-state index contributed by atoms with van der Waals surface area (Å²) < 4.78 is 12.0. The van der Waals surface area contributed by atoms with Crippen molar-refractivity contribution in [1.29, 1.82) is 0 Å². The first-order valence-electron chi connectivity index (χ1n) is 9.61. The summed E-state index contributed by atoms with van der Waals surface area (Å²) in [5.74, 6) is 1.11. The van der Waals surface area contributed by atoms with Gasteiger partial charge in [-0.1, -0.05) is 62.3 Å². The number of ketones is 2. The molecule has 1 aliphatic rings. The maximum absolute atomic E-state index is 12.7. The van der Waals surface area contributed by atoms with Gasteiger partial charge in [0.2, 0.25) is 0 Å². The van der Waals surface area contributed by atoms with Crippen LogP contribution >= 0.6 is 0 Å². The van der Waals surface area contributed by atoms with E-state index < -0.39 is 11.5 Å². The standard InChI is InChI=1S/C21H38O4/c1-13-14(2)17(18(23)21(7,8)9)25-19(15(13)3)24-12-10-11-16(22)20(4,5)6/h13-15,17,19H,10-12H2,1-9H3/t13-,14?,15?,17?,19+/m0/s1. The first-order chi connectivity index (χ1) is 11.3. The van der Waals surface area contributed by atoms with Crippen molar-refractivity contribution in [2.24, 2.45) is 28.6 Å². The normalized spacial score (nSPS) is 31.0. The van der Waals surface area contributed by atoms with Crippen LogP contribution in [0.2, 0.25) is 0 Å². The molecule has 146 valence electrons. The highest BCUT2D eigenvalue weighted by molar-refractivity contribution is 5.88. The lowest BCUT2D eigenvalue weighted by Crippen LogP contribution is -2.51. The fourth-order valence-electron chi connectivity index (χ4n) is 3.12. The van der Waals surface area contributed by atoms with Crippen LogP contribution in [0.25, 0.3) is 0 Å². The lowest BCUT2D eigenvalue weighted by Gasteiger charge is -2.44. The van der Waals surface area contributed by atoms with Crippen molar-refractivity contribution in [3.8, 4) is 0 Å². The first kappa shape index (κ1) is 22.3. The zero-order valence-corrected chi connectivity index (χ0v) is 17.6. The molecule has 0 aliphatic carbocycles. The van der Waals surface area contributed by atoms with Crippen LogP contribution in [0.5, 0.6) is 0 Å². The highest BCUT2D eigenvalue weighted by atomic mass is 16.7. The summed E-state index contributed by atoms with van der Waals surface area (Å²) in [5.41, 5.74) is -0.730. The van der Waals surface area contributed by atoms with Crippen LogP contribution in [0.1, 0.15) is 75.2 Å². The number of Topliss-reactive ketones (excluding diaryl/α,β-unsaturated/α-hetero) is 2. The molecule has 5 atom stereocenters. The monoisotopic (exact) mass is 354 g/mol. The number of carbonyl (C=O) groups excluding carboxylic acids is 2. The van der Waals surface area contributed by atoms with Gasteiger partial charge in [-0.05, 0) is 18.3 Å². The number of hydrogen-bond donors (Lipinski definition) is 0. The van der Waals surface area contributed by atoms with E-state index in [1.165, 1.54) is 0 Å². The van der Waals surface area contributed by atoms with Crippen molar-refractivity contribution < 1.29 is 19.1 Å². The predicted molar refractivity (Wildman–Crippen MR) is 100 cm³/mol. The van der Waals surface area contributed by atoms with E-state index in [0.717, 1.165) is 0 Å². The average Bonchev–Trinajstić information content (AvgIpc) is 2.48. The van der Waals surface area contributed by atoms with Crippen molar-refractivity contribution in [2.75, 3.05) is 6.61 Å². The predicted octanol–water partition coefficient (Wildman–Crippen LogP) is 4.65. The Hall–Kier alpha value is -0.740. The summed E-state index contributed by atoms with van der Waals surface area (Å²) in [6.07, 6.45) is 0.394. The van der Waals surface area contributed by atoms with Crippen molar-refractivity contribution in [3.63, 3.8) is 0 Å². The van der Waals surface area contributed by atoms with Gasteiger partial charge in [-0.3, -0.25) is 9.59 Å². The lowest BCUT2D eigenvalue weighted by atomic mass is 9.74. The molecule has 3 unspecified atom stereocenters. The zero-order valence-electron chi connectivity index (χ0n) is 17.6. The van der Waals surface area contributed by atoms with Gasteiger partial charge in [-0.25, -0.2) is 0 Å². The van der Waals surface area contributed by atoms with E-state index in [2.05, 4.69) is 20.8 Å². The van der Waals surface area contributed by atoms with Gasteiger partial charge in [-0.2, -0.15) is 0 Å².